The van der Waals surface area contributed by atoms with Crippen LogP contribution in [0, 0.1) is 6.92 Å². The zero-order valence-electron chi connectivity index (χ0n) is 13.0. The van der Waals surface area contributed by atoms with Crippen LogP contribution in [0.3, 0.4) is 0 Å². The number of aryl methyl sites for hydroxylation is 1. The van der Waals surface area contributed by atoms with Crippen molar-refractivity contribution in [1.82, 2.24) is 4.90 Å². The Morgan fingerprint density at radius 2 is 1.74 bits per heavy atom. The summed E-state index contributed by atoms with van der Waals surface area (Å²) in [6.07, 6.45) is 3.83. The zero-order valence-corrected chi connectivity index (χ0v) is 13.0. The van der Waals surface area contributed by atoms with E-state index >= 15 is 0 Å². The largest absolute Gasteiger partial charge is 0.329 e. The summed E-state index contributed by atoms with van der Waals surface area (Å²) in [6, 6.07) is 9.69. The van der Waals surface area contributed by atoms with Crippen LogP contribution in [0.5, 0.6) is 0 Å². The Kier molecular flexibility index (Phi) is 7.11. The van der Waals surface area contributed by atoms with E-state index in [-0.39, 0.29) is 0 Å². The van der Waals surface area contributed by atoms with Gasteiger partial charge in [0.2, 0.25) is 0 Å². The molecule has 2 nitrogen and oxygen atoms in total. The molecule has 0 fully saturated rings. The number of benzene rings is 1. The van der Waals surface area contributed by atoms with Gasteiger partial charge < -0.3 is 5.73 Å². The quantitative estimate of drug-likeness (QED) is 0.720. The Balaban J connectivity index is 2.80. The molecule has 0 amide bonds. The maximum absolute atomic E-state index is 6.04. The fraction of sp³-hybridized carbons (Fsp3) is 0.647. The molecule has 0 aliphatic rings. The van der Waals surface area contributed by atoms with E-state index in [0.717, 1.165) is 6.54 Å². The summed E-state index contributed by atoms with van der Waals surface area (Å²) in [5.41, 5.74) is 8.70. The molecular weight excluding hydrogens is 232 g/mol. The van der Waals surface area contributed by atoms with Crippen LogP contribution < -0.4 is 5.73 Å². The molecular formula is C17H30N2. The minimum Gasteiger partial charge on any atom is -0.329 e. The number of nitrogens with two attached hydrogens (primary N) is 1. The van der Waals surface area contributed by atoms with Crippen LogP contribution in [0.2, 0.25) is 0 Å². The van der Waals surface area contributed by atoms with Gasteiger partial charge in [0.25, 0.3) is 0 Å². The first-order valence-electron chi connectivity index (χ1n) is 7.62. The Hall–Kier alpha value is -0.860. The second-order valence-electron chi connectivity index (χ2n) is 5.70. The fourth-order valence-electron chi connectivity index (χ4n) is 2.57. The lowest BCUT2D eigenvalue weighted by Crippen LogP contribution is -2.39. The average molecular weight is 262 g/mol. The Morgan fingerprint density at radius 1 is 1.11 bits per heavy atom. The second-order valence-corrected chi connectivity index (χ2v) is 5.70. The van der Waals surface area contributed by atoms with Crippen molar-refractivity contribution in [1.29, 1.82) is 0 Å². The van der Waals surface area contributed by atoms with Crippen molar-refractivity contribution in [2.45, 2.75) is 59.0 Å². The molecule has 0 aromatic heterocycles. The maximum Gasteiger partial charge on any atom is 0.0473 e. The molecule has 19 heavy (non-hydrogen) atoms. The van der Waals surface area contributed by atoms with E-state index in [1.54, 1.807) is 0 Å². The molecule has 1 rings (SSSR count). The summed E-state index contributed by atoms with van der Waals surface area (Å²) in [7, 11) is 0. The number of unbranched alkanes of at least 4 members (excludes halogenated alkanes) is 2. The molecule has 0 aliphatic carbocycles. The summed E-state index contributed by atoms with van der Waals surface area (Å²) in [5.74, 6) is 0. The molecule has 1 unspecified atom stereocenters. The minimum atomic E-state index is 0.345. The van der Waals surface area contributed by atoms with Gasteiger partial charge in [-0.25, -0.2) is 0 Å². The van der Waals surface area contributed by atoms with Crippen LogP contribution in [0.25, 0.3) is 0 Å². The second kappa shape index (κ2) is 8.34. The zero-order chi connectivity index (χ0) is 14.3. The van der Waals surface area contributed by atoms with Crippen molar-refractivity contribution >= 4 is 0 Å². The van der Waals surface area contributed by atoms with Gasteiger partial charge in [-0.05, 0) is 39.3 Å². The van der Waals surface area contributed by atoms with Crippen LogP contribution >= 0.6 is 0 Å². The smallest absolute Gasteiger partial charge is 0.0473 e. The summed E-state index contributed by atoms with van der Waals surface area (Å²) in [6.45, 7) is 10.7. The lowest BCUT2D eigenvalue weighted by molar-refractivity contribution is 0.154. The SMILES string of the molecule is CCCCCN(C(C)C)C(CN)c1ccc(C)cc1. The van der Waals surface area contributed by atoms with Gasteiger partial charge >= 0.3 is 0 Å². The third-order valence-electron chi connectivity index (χ3n) is 3.77. The third kappa shape index (κ3) is 4.96. The minimum absolute atomic E-state index is 0.345. The van der Waals surface area contributed by atoms with E-state index in [1.807, 2.05) is 0 Å². The topological polar surface area (TPSA) is 29.3 Å². The monoisotopic (exact) mass is 262 g/mol. The molecule has 1 atom stereocenters. The molecule has 0 bridgehead atoms. The molecule has 0 aliphatic heterocycles. The normalized spacial score (nSPS) is 13.2. The van der Waals surface area contributed by atoms with E-state index in [1.165, 1.54) is 30.4 Å². The van der Waals surface area contributed by atoms with E-state index in [0.29, 0.717) is 18.6 Å². The molecule has 1 aromatic rings. The average Bonchev–Trinajstić information content (AvgIpc) is 2.39. The summed E-state index contributed by atoms with van der Waals surface area (Å²) in [5, 5.41) is 0. The lowest BCUT2D eigenvalue weighted by atomic mass is 10.0. The lowest BCUT2D eigenvalue weighted by Gasteiger charge is -2.34. The van der Waals surface area contributed by atoms with Crippen molar-refractivity contribution in [2.24, 2.45) is 5.73 Å². The van der Waals surface area contributed by atoms with E-state index in [2.05, 4.69) is 56.9 Å². The van der Waals surface area contributed by atoms with Crippen LogP contribution in [-0.2, 0) is 0 Å². The maximum atomic E-state index is 6.04. The highest BCUT2D eigenvalue weighted by Gasteiger charge is 2.20. The van der Waals surface area contributed by atoms with E-state index < -0.39 is 0 Å². The first kappa shape index (κ1) is 16.2. The van der Waals surface area contributed by atoms with Crippen molar-refractivity contribution < 1.29 is 0 Å². The Morgan fingerprint density at radius 3 is 2.21 bits per heavy atom. The highest BCUT2D eigenvalue weighted by molar-refractivity contribution is 5.24. The highest BCUT2D eigenvalue weighted by atomic mass is 15.2. The van der Waals surface area contributed by atoms with E-state index in [9.17, 15) is 0 Å². The van der Waals surface area contributed by atoms with Gasteiger partial charge in [0.05, 0.1) is 0 Å². The van der Waals surface area contributed by atoms with Gasteiger partial charge in [0.1, 0.15) is 0 Å². The van der Waals surface area contributed by atoms with Crippen molar-refractivity contribution in [3.05, 3.63) is 35.4 Å². The molecule has 2 N–H and O–H groups in total. The van der Waals surface area contributed by atoms with Gasteiger partial charge in [-0.15, -0.1) is 0 Å². The molecule has 0 saturated carbocycles. The predicted molar refractivity (Wildman–Crippen MR) is 84.3 cm³/mol. The standard InChI is InChI=1S/C17H30N2/c1-5-6-7-12-19(14(2)3)17(13-18)16-10-8-15(4)9-11-16/h8-11,14,17H,5-7,12-13,18H2,1-4H3. The van der Waals surface area contributed by atoms with Gasteiger partial charge in [-0.1, -0.05) is 49.6 Å². The Bertz CT molecular complexity index is 343. The first-order chi connectivity index (χ1) is 9.10. The molecule has 1 aromatic carbocycles. The summed E-state index contributed by atoms with van der Waals surface area (Å²) < 4.78 is 0. The number of hydrogen-bond acceptors (Lipinski definition) is 2. The highest BCUT2D eigenvalue weighted by Crippen LogP contribution is 2.23. The van der Waals surface area contributed by atoms with Crippen molar-refractivity contribution in [3.63, 3.8) is 0 Å². The van der Waals surface area contributed by atoms with Crippen LogP contribution in [0.15, 0.2) is 24.3 Å². The Labute approximate surface area is 119 Å². The summed E-state index contributed by atoms with van der Waals surface area (Å²) >= 11 is 0. The first-order valence-corrected chi connectivity index (χ1v) is 7.62. The van der Waals surface area contributed by atoms with Gasteiger partial charge in [-0.2, -0.15) is 0 Å². The predicted octanol–water partition coefficient (Wildman–Crippen LogP) is 3.90. The van der Waals surface area contributed by atoms with Gasteiger partial charge in [-0.3, -0.25) is 4.90 Å². The third-order valence-corrected chi connectivity index (χ3v) is 3.77. The van der Waals surface area contributed by atoms with Gasteiger partial charge in [0.15, 0.2) is 0 Å². The van der Waals surface area contributed by atoms with Crippen LogP contribution in [-0.4, -0.2) is 24.0 Å². The molecule has 0 saturated heterocycles. The van der Waals surface area contributed by atoms with E-state index in [4.69, 9.17) is 5.73 Å². The van der Waals surface area contributed by atoms with Crippen molar-refractivity contribution in [3.8, 4) is 0 Å². The van der Waals surface area contributed by atoms with Crippen LogP contribution in [0.4, 0.5) is 0 Å². The van der Waals surface area contributed by atoms with Crippen molar-refractivity contribution in [2.75, 3.05) is 13.1 Å². The number of nitrogens with zero attached hydrogens (tertiary/aromatic N) is 1. The van der Waals surface area contributed by atoms with Crippen LogP contribution in [0.1, 0.15) is 57.2 Å². The van der Waals surface area contributed by atoms with Gasteiger partial charge in [0, 0.05) is 18.6 Å². The molecule has 0 heterocycles. The number of rotatable bonds is 8. The molecule has 108 valence electrons. The summed E-state index contributed by atoms with van der Waals surface area (Å²) in [4.78, 5) is 2.54. The molecule has 0 spiro atoms. The number of hydrogen-bond donors (Lipinski definition) is 1. The molecule has 0 radical (unpaired) electrons. The fourth-order valence-corrected chi connectivity index (χ4v) is 2.57. The molecule has 2 heteroatoms.